The third-order valence-corrected chi connectivity index (χ3v) is 3.89. The van der Waals surface area contributed by atoms with Crippen LogP contribution in [-0.2, 0) is 9.53 Å². The van der Waals surface area contributed by atoms with Crippen molar-refractivity contribution in [3.8, 4) is 5.75 Å². The van der Waals surface area contributed by atoms with Gasteiger partial charge in [0.05, 0.1) is 18.8 Å². The minimum absolute atomic E-state index is 0.0992. The van der Waals surface area contributed by atoms with Crippen LogP contribution in [0.5, 0.6) is 5.75 Å². The lowest BCUT2D eigenvalue weighted by molar-refractivity contribution is -0.114. The van der Waals surface area contributed by atoms with Gasteiger partial charge in [0.2, 0.25) is 5.91 Å². The second-order valence-corrected chi connectivity index (χ2v) is 5.69. The average Bonchev–Trinajstić information content (AvgIpc) is 2.62. The van der Waals surface area contributed by atoms with Gasteiger partial charge >= 0.3 is 0 Å². The number of amides is 1. The molecule has 1 amide bonds. The Kier molecular flexibility index (Phi) is 7.29. The molecule has 0 aliphatic heterocycles. The number of carbonyl (C=O) groups is 1. The fourth-order valence-corrected chi connectivity index (χ4v) is 2.35. The first kappa shape index (κ1) is 18.8. The van der Waals surface area contributed by atoms with Crippen LogP contribution in [0, 0.1) is 13.8 Å². The quantitative estimate of drug-likeness (QED) is 0.681. The lowest BCUT2D eigenvalue weighted by atomic mass is 10.1. The van der Waals surface area contributed by atoms with Crippen LogP contribution in [0.3, 0.4) is 0 Å². The minimum atomic E-state index is -0.0992. The number of para-hydroxylation sites is 2. The molecule has 0 saturated heterocycles. The van der Waals surface area contributed by atoms with Crippen molar-refractivity contribution in [3.63, 3.8) is 0 Å². The van der Waals surface area contributed by atoms with Crippen LogP contribution in [0.4, 0.5) is 11.4 Å². The third-order valence-electron chi connectivity index (χ3n) is 3.89. The predicted octanol–water partition coefficient (Wildman–Crippen LogP) is 3.77. The van der Waals surface area contributed by atoms with Crippen molar-refractivity contribution in [2.45, 2.75) is 20.8 Å². The van der Waals surface area contributed by atoms with E-state index in [0.717, 1.165) is 22.5 Å². The van der Waals surface area contributed by atoms with Crippen LogP contribution in [-0.4, -0.2) is 32.3 Å². The standard InChI is InChI=1S/C20H26N2O3/c1-4-24-12-13-25-19-11-6-5-9-18(19)21-14-20(23)22-17-10-7-8-15(2)16(17)3/h5-11,21H,4,12-14H2,1-3H3,(H,22,23). The van der Waals surface area contributed by atoms with Crippen molar-refractivity contribution in [2.75, 3.05) is 37.0 Å². The molecule has 0 aliphatic carbocycles. The number of aryl methyl sites for hydroxylation is 1. The Hall–Kier alpha value is -2.53. The van der Waals surface area contributed by atoms with Crippen molar-refractivity contribution in [1.82, 2.24) is 0 Å². The lowest BCUT2D eigenvalue weighted by Gasteiger charge is -2.14. The van der Waals surface area contributed by atoms with Gasteiger partial charge in [0, 0.05) is 12.3 Å². The van der Waals surface area contributed by atoms with E-state index in [1.807, 2.05) is 63.2 Å². The fraction of sp³-hybridized carbons (Fsp3) is 0.350. The molecule has 2 N–H and O–H groups in total. The molecule has 0 fully saturated rings. The van der Waals surface area contributed by atoms with Crippen molar-refractivity contribution >= 4 is 17.3 Å². The maximum atomic E-state index is 12.2. The molecule has 5 heteroatoms. The SMILES string of the molecule is CCOCCOc1ccccc1NCC(=O)Nc1cccc(C)c1C. The Morgan fingerprint density at radius 3 is 2.56 bits per heavy atom. The van der Waals surface area contributed by atoms with E-state index < -0.39 is 0 Å². The van der Waals surface area contributed by atoms with Crippen LogP contribution >= 0.6 is 0 Å². The summed E-state index contributed by atoms with van der Waals surface area (Å²) in [6, 6.07) is 13.4. The summed E-state index contributed by atoms with van der Waals surface area (Å²) in [6.07, 6.45) is 0. The van der Waals surface area contributed by atoms with Gasteiger partial charge in [0.25, 0.3) is 0 Å². The Labute approximate surface area is 149 Å². The highest BCUT2D eigenvalue weighted by atomic mass is 16.5. The second kappa shape index (κ2) is 9.69. The van der Waals surface area contributed by atoms with Gasteiger partial charge in [0.15, 0.2) is 0 Å². The third kappa shape index (κ3) is 5.80. The molecule has 0 bridgehead atoms. The molecule has 25 heavy (non-hydrogen) atoms. The van der Waals surface area contributed by atoms with E-state index in [1.54, 1.807) is 0 Å². The van der Waals surface area contributed by atoms with Crippen LogP contribution < -0.4 is 15.4 Å². The molecular weight excluding hydrogens is 316 g/mol. The maximum Gasteiger partial charge on any atom is 0.243 e. The van der Waals surface area contributed by atoms with E-state index in [2.05, 4.69) is 10.6 Å². The number of anilines is 2. The number of hydrogen-bond donors (Lipinski definition) is 2. The van der Waals surface area contributed by atoms with E-state index >= 15 is 0 Å². The molecular formula is C20H26N2O3. The van der Waals surface area contributed by atoms with Crippen LogP contribution in [0.15, 0.2) is 42.5 Å². The molecule has 5 nitrogen and oxygen atoms in total. The normalized spacial score (nSPS) is 10.4. The van der Waals surface area contributed by atoms with E-state index in [9.17, 15) is 4.79 Å². The summed E-state index contributed by atoms with van der Waals surface area (Å²) in [4.78, 5) is 12.2. The summed E-state index contributed by atoms with van der Waals surface area (Å²) >= 11 is 0. The zero-order chi connectivity index (χ0) is 18.1. The van der Waals surface area contributed by atoms with Gasteiger partial charge in [0.1, 0.15) is 12.4 Å². The van der Waals surface area contributed by atoms with Crippen LogP contribution in [0.1, 0.15) is 18.1 Å². The highest BCUT2D eigenvalue weighted by molar-refractivity contribution is 5.94. The number of nitrogens with one attached hydrogen (secondary N) is 2. The number of carbonyl (C=O) groups excluding carboxylic acids is 1. The van der Waals surface area contributed by atoms with Gasteiger partial charge in [-0.05, 0) is 50.1 Å². The zero-order valence-electron chi connectivity index (χ0n) is 15.1. The van der Waals surface area contributed by atoms with Gasteiger partial charge in [-0.2, -0.15) is 0 Å². The average molecular weight is 342 g/mol. The largest absolute Gasteiger partial charge is 0.489 e. The molecule has 0 aliphatic rings. The minimum Gasteiger partial charge on any atom is -0.489 e. The molecule has 0 atom stereocenters. The van der Waals surface area contributed by atoms with E-state index in [1.165, 1.54) is 0 Å². The van der Waals surface area contributed by atoms with Gasteiger partial charge < -0.3 is 20.1 Å². The first-order valence-corrected chi connectivity index (χ1v) is 8.51. The molecule has 0 radical (unpaired) electrons. The number of hydrogen-bond acceptors (Lipinski definition) is 4. The van der Waals surface area contributed by atoms with Crippen molar-refractivity contribution in [1.29, 1.82) is 0 Å². The van der Waals surface area contributed by atoms with Gasteiger partial charge in [-0.3, -0.25) is 4.79 Å². The van der Waals surface area contributed by atoms with Gasteiger partial charge in [-0.25, -0.2) is 0 Å². The van der Waals surface area contributed by atoms with Gasteiger partial charge in [-0.1, -0.05) is 24.3 Å². The van der Waals surface area contributed by atoms with Gasteiger partial charge in [-0.15, -0.1) is 0 Å². The molecule has 2 aromatic rings. The molecule has 0 unspecified atom stereocenters. The summed E-state index contributed by atoms with van der Waals surface area (Å²) < 4.78 is 11.0. The highest BCUT2D eigenvalue weighted by Crippen LogP contribution is 2.23. The summed E-state index contributed by atoms with van der Waals surface area (Å²) in [5.41, 5.74) is 3.86. The topological polar surface area (TPSA) is 59.6 Å². The maximum absolute atomic E-state index is 12.2. The summed E-state index contributed by atoms with van der Waals surface area (Å²) in [5.74, 6) is 0.611. The molecule has 134 valence electrons. The van der Waals surface area contributed by atoms with Crippen LogP contribution in [0.2, 0.25) is 0 Å². The predicted molar refractivity (Wildman–Crippen MR) is 101 cm³/mol. The molecule has 2 aromatic carbocycles. The van der Waals surface area contributed by atoms with E-state index in [0.29, 0.717) is 25.6 Å². The Bertz CT molecular complexity index is 701. The summed E-state index contributed by atoms with van der Waals surface area (Å²) in [7, 11) is 0. The monoisotopic (exact) mass is 342 g/mol. The van der Waals surface area contributed by atoms with Crippen molar-refractivity contribution in [3.05, 3.63) is 53.6 Å². The van der Waals surface area contributed by atoms with Crippen molar-refractivity contribution < 1.29 is 14.3 Å². The van der Waals surface area contributed by atoms with E-state index in [4.69, 9.17) is 9.47 Å². The first-order valence-electron chi connectivity index (χ1n) is 8.51. The highest BCUT2D eigenvalue weighted by Gasteiger charge is 2.08. The second-order valence-electron chi connectivity index (χ2n) is 5.69. The number of ether oxygens (including phenoxy) is 2. The zero-order valence-corrected chi connectivity index (χ0v) is 15.1. The Morgan fingerprint density at radius 1 is 1.00 bits per heavy atom. The Balaban J connectivity index is 1.90. The first-order chi connectivity index (χ1) is 12.1. The molecule has 0 heterocycles. The number of rotatable bonds is 9. The van der Waals surface area contributed by atoms with Crippen molar-refractivity contribution in [2.24, 2.45) is 0 Å². The number of benzene rings is 2. The smallest absolute Gasteiger partial charge is 0.243 e. The van der Waals surface area contributed by atoms with Crippen LogP contribution in [0.25, 0.3) is 0 Å². The van der Waals surface area contributed by atoms with E-state index in [-0.39, 0.29) is 12.5 Å². The lowest BCUT2D eigenvalue weighted by Crippen LogP contribution is -2.22. The molecule has 0 aromatic heterocycles. The molecule has 2 rings (SSSR count). The molecule has 0 saturated carbocycles. The fourth-order valence-electron chi connectivity index (χ4n) is 2.35. The summed E-state index contributed by atoms with van der Waals surface area (Å²) in [5, 5.41) is 6.07. The summed E-state index contributed by atoms with van der Waals surface area (Å²) in [6.45, 7) is 7.82. The Morgan fingerprint density at radius 2 is 1.76 bits per heavy atom. The molecule has 0 spiro atoms.